The third-order valence-electron chi connectivity index (χ3n) is 1.61. The molecule has 1 aromatic rings. The van der Waals surface area contributed by atoms with Gasteiger partial charge in [0, 0.05) is 12.1 Å². The van der Waals surface area contributed by atoms with Gasteiger partial charge in [0.05, 0.1) is 25.2 Å². The van der Waals surface area contributed by atoms with Crippen molar-refractivity contribution in [3.8, 4) is 0 Å². The maximum absolute atomic E-state index is 5.50. The molecule has 0 aliphatic heterocycles. The summed E-state index contributed by atoms with van der Waals surface area (Å²) in [5.74, 6) is 0. The van der Waals surface area contributed by atoms with Crippen LogP contribution in [0.15, 0.2) is 23.0 Å². The summed E-state index contributed by atoms with van der Waals surface area (Å²) in [4.78, 5) is 0. The van der Waals surface area contributed by atoms with Crippen molar-refractivity contribution in [2.45, 2.75) is 19.6 Å². The van der Waals surface area contributed by atoms with Crippen LogP contribution >= 0.6 is 0 Å². The maximum atomic E-state index is 5.50. The summed E-state index contributed by atoms with van der Waals surface area (Å²) in [5.41, 5.74) is 1.08. The summed E-state index contributed by atoms with van der Waals surface area (Å²) in [6, 6.07) is 1.91. The molecule has 12 heavy (non-hydrogen) atoms. The zero-order valence-electron chi connectivity index (χ0n) is 7.54. The van der Waals surface area contributed by atoms with Crippen molar-refractivity contribution in [1.82, 2.24) is 5.32 Å². The average molecular weight is 169 g/mol. The molecule has 0 radical (unpaired) electrons. The second-order valence-corrected chi connectivity index (χ2v) is 2.81. The second kappa shape index (κ2) is 4.95. The van der Waals surface area contributed by atoms with Crippen molar-refractivity contribution in [3.05, 3.63) is 24.2 Å². The lowest BCUT2D eigenvalue weighted by atomic mass is 10.3. The van der Waals surface area contributed by atoms with E-state index < -0.39 is 0 Å². The number of nitrogens with one attached hydrogen (secondary N) is 1. The van der Waals surface area contributed by atoms with Gasteiger partial charge in [0.25, 0.3) is 0 Å². The molecule has 0 aliphatic carbocycles. The van der Waals surface area contributed by atoms with Crippen LogP contribution in [0.5, 0.6) is 0 Å². The quantitative estimate of drug-likeness (QED) is 0.723. The van der Waals surface area contributed by atoms with Gasteiger partial charge >= 0.3 is 0 Å². The first kappa shape index (κ1) is 9.29. The first-order valence-corrected chi connectivity index (χ1v) is 4.10. The molecule has 0 amide bonds. The Hall–Kier alpha value is -0.800. The zero-order chi connectivity index (χ0) is 8.81. The topological polar surface area (TPSA) is 34.4 Å². The highest BCUT2D eigenvalue weighted by Gasteiger charge is 2.00. The molecular weight excluding hydrogens is 154 g/mol. The molecule has 1 unspecified atom stereocenters. The maximum Gasteiger partial charge on any atom is 0.0957 e. The molecule has 0 bridgehead atoms. The zero-order valence-corrected chi connectivity index (χ0v) is 7.54. The Bertz CT molecular complexity index is 196. The molecule has 0 aromatic carbocycles. The summed E-state index contributed by atoms with van der Waals surface area (Å²) in [5, 5.41) is 3.05. The van der Waals surface area contributed by atoms with Crippen molar-refractivity contribution >= 4 is 0 Å². The van der Waals surface area contributed by atoms with Gasteiger partial charge in [-0.25, -0.2) is 0 Å². The number of hydrogen-bond acceptors (Lipinski definition) is 3. The first-order valence-electron chi connectivity index (χ1n) is 4.10. The Morgan fingerprint density at radius 3 is 3.08 bits per heavy atom. The van der Waals surface area contributed by atoms with Crippen molar-refractivity contribution in [3.63, 3.8) is 0 Å². The lowest BCUT2D eigenvalue weighted by Gasteiger charge is -2.10. The number of rotatable bonds is 5. The minimum Gasteiger partial charge on any atom is -0.472 e. The first-order chi connectivity index (χ1) is 5.83. The standard InChI is InChI=1S/C9H15NO2/c1-8(5-10-2)12-7-9-3-4-11-6-9/h3-4,6,8,10H,5,7H2,1-2H3. The molecule has 0 aliphatic rings. The van der Waals surface area contributed by atoms with Gasteiger partial charge in [-0.15, -0.1) is 0 Å². The monoisotopic (exact) mass is 169 g/mol. The lowest BCUT2D eigenvalue weighted by Crippen LogP contribution is -2.23. The average Bonchev–Trinajstić information content (AvgIpc) is 2.53. The van der Waals surface area contributed by atoms with Gasteiger partial charge in [0.2, 0.25) is 0 Å². The molecule has 0 saturated carbocycles. The van der Waals surface area contributed by atoms with E-state index in [1.807, 2.05) is 20.0 Å². The third-order valence-corrected chi connectivity index (χ3v) is 1.61. The lowest BCUT2D eigenvalue weighted by molar-refractivity contribution is 0.0542. The molecule has 68 valence electrons. The van der Waals surface area contributed by atoms with E-state index >= 15 is 0 Å². The van der Waals surface area contributed by atoms with Crippen LogP contribution in [0.25, 0.3) is 0 Å². The molecule has 3 nitrogen and oxygen atoms in total. The van der Waals surface area contributed by atoms with Crippen LogP contribution in [0.1, 0.15) is 12.5 Å². The fourth-order valence-corrected chi connectivity index (χ4v) is 0.960. The highest BCUT2D eigenvalue weighted by atomic mass is 16.5. The number of likely N-dealkylation sites (N-methyl/N-ethyl adjacent to an activating group) is 1. The minimum atomic E-state index is 0.241. The largest absolute Gasteiger partial charge is 0.472 e. The Morgan fingerprint density at radius 2 is 2.50 bits per heavy atom. The molecule has 1 atom stereocenters. The van der Waals surface area contributed by atoms with E-state index in [1.54, 1.807) is 12.5 Å². The molecule has 1 aromatic heterocycles. The van der Waals surface area contributed by atoms with Crippen LogP contribution in [-0.2, 0) is 11.3 Å². The van der Waals surface area contributed by atoms with E-state index in [1.165, 1.54) is 0 Å². The van der Waals surface area contributed by atoms with E-state index in [-0.39, 0.29) is 6.10 Å². The fourth-order valence-electron chi connectivity index (χ4n) is 0.960. The minimum absolute atomic E-state index is 0.241. The Morgan fingerprint density at radius 1 is 1.67 bits per heavy atom. The summed E-state index contributed by atoms with van der Waals surface area (Å²) < 4.78 is 10.4. The van der Waals surface area contributed by atoms with Gasteiger partial charge in [-0.1, -0.05) is 0 Å². The normalized spacial score (nSPS) is 13.2. The van der Waals surface area contributed by atoms with Gasteiger partial charge in [-0.3, -0.25) is 0 Å². The van der Waals surface area contributed by atoms with Gasteiger partial charge in [-0.2, -0.15) is 0 Å². The predicted molar refractivity (Wildman–Crippen MR) is 46.9 cm³/mol. The molecule has 0 saturated heterocycles. The van der Waals surface area contributed by atoms with Crippen LogP contribution in [0.4, 0.5) is 0 Å². The Kier molecular flexibility index (Phi) is 3.84. The molecule has 0 spiro atoms. The number of ether oxygens (including phenoxy) is 1. The van der Waals surface area contributed by atoms with Crippen LogP contribution < -0.4 is 5.32 Å². The van der Waals surface area contributed by atoms with Gasteiger partial charge in [-0.05, 0) is 20.0 Å². The van der Waals surface area contributed by atoms with Gasteiger partial charge < -0.3 is 14.5 Å². The summed E-state index contributed by atoms with van der Waals surface area (Å²) in [6.45, 7) is 3.54. The van der Waals surface area contributed by atoms with E-state index in [0.717, 1.165) is 12.1 Å². The fraction of sp³-hybridized carbons (Fsp3) is 0.556. The van der Waals surface area contributed by atoms with Gasteiger partial charge in [0.1, 0.15) is 0 Å². The second-order valence-electron chi connectivity index (χ2n) is 2.81. The van der Waals surface area contributed by atoms with Gasteiger partial charge in [0.15, 0.2) is 0 Å². The predicted octanol–water partition coefficient (Wildman–Crippen LogP) is 1.40. The molecule has 0 fully saturated rings. The summed E-state index contributed by atoms with van der Waals surface area (Å²) in [6.07, 6.45) is 3.60. The van der Waals surface area contributed by atoms with E-state index in [4.69, 9.17) is 9.15 Å². The number of hydrogen-bond donors (Lipinski definition) is 1. The SMILES string of the molecule is CNCC(C)OCc1ccoc1. The van der Waals surface area contributed by atoms with Crippen LogP contribution in [0.3, 0.4) is 0 Å². The molecule has 1 rings (SSSR count). The molecular formula is C9H15NO2. The Balaban J connectivity index is 2.17. The van der Waals surface area contributed by atoms with Crippen molar-refractivity contribution in [2.75, 3.05) is 13.6 Å². The molecule has 1 heterocycles. The smallest absolute Gasteiger partial charge is 0.0957 e. The molecule has 1 N–H and O–H groups in total. The van der Waals surface area contributed by atoms with Crippen LogP contribution in [0.2, 0.25) is 0 Å². The highest BCUT2D eigenvalue weighted by molar-refractivity contribution is 5.03. The Labute approximate surface area is 72.7 Å². The van der Waals surface area contributed by atoms with E-state index in [9.17, 15) is 0 Å². The summed E-state index contributed by atoms with van der Waals surface area (Å²) >= 11 is 0. The van der Waals surface area contributed by atoms with E-state index in [0.29, 0.717) is 6.61 Å². The highest BCUT2D eigenvalue weighted by Crippen LogP contribution is 2.03. The number of furan rings is 1. The van der Waals surface area contributed by atoms with Crippen molar-refractivity contribution in [1.29, 1.82) is 0 Å². The summed E-state index contributed by atoms with van der Waals surface area (Å²) in [7, 11) is 1.91. The van der Waals surface area contributed by atoms with Crippen LogP contribution in [-0.4, -0.2) is 19.7 Å². The molecule has 3 heteroatoms. The third kappa shape index (κ3) is 3.07. The van der Waals surface area contributed by atoms with Crippen LogP contribution in [0, 0.1) is 0 Å². The van der Waals surface area contributed by atoms with E-state index in [2.05, 4.69) is 5.32 Å². The van der Waals surface area contributed by atoms with Crippen molar-refractivity contribution < 1.29 is 9.15 Å². The van der Waals surface area contributed by atoms with Crippen molar-refractivity contribution in [2.24, 2.45) is 0 Å².